The molecule has 0 bridgehead atoms. The summed E-state index contributed by atoms with van der Waals surface area (Å²) < 4.78 is 10.8. The van der Waals surface area contributed by atoms with Crippen LogP contribution in [0, 0.1) is 0 Å². The first-order chi connectivity index (χ1) is 11.4. The molecular weight excluding hydrogens is 310 g/mol. The standard InChI is InChI=1S/C18H17NO5/c1-19(2)11-5-4-10(14(9-11)23-3)8-15-16(21)12-6-7-13(20)17(22)18(12)24-15/h4-9,20,22H,1-3H3. The zero-order valence-corrected chi connectivity index (χ0v) is 13.5. The van der Waals surface area contributed by atoms with Crippen molar-refractivity contribution in [1.29, 1.82) is 0 Å². The summed E-state index contributed by atoms with van der Waals surface area (Å²) in [6.45, 7) is 0. The Balaban J connectivity index is 2.02. The Labute approximate surface area is 139 Å². The Morgan fingerprint density at radius 1 is 1.17 bits per heavy atom. The van der Waals surface area contributed by atoms with Crippen LogP contribution in [0.5, 0.6) is 23.0 Å². The number of Topliss-reactive ketones (excluding diaryl/α,β-unsaturated/α-hetero) is 1. The Bertz CT molecular complexity index is 855. The number of allylic oxidation sites excluding steroid dienone is 1. The molecule has 0 spiro atoms. The predicted octanol–water partition coefficient (Wildman–Crippen LogP) is 2.79. The van der Waals surface area contributed by atoms with Crippen LogP contribution in [0.2, 0.25) is 0 Å². The van der Waals surface area contributed by atoms with Gasteiger partial charge in [-0.25, -0.2) is 0 Å². The lowest BCUT2D eigenvalue weighted by Gasteiger charge is -2.15. The number of methoxy groups -OCH3 is 1. The number of anilines is 1. The highest BCUT2D eigenvalue weighted by atomic mass is 16.5. The number of ketones is 1. The second-order valence-electron chi connectivity index (χ2n) is 5.57. The van der Waals surface area contributed by atoms with E-state index in [2.05, 4.69) is 0 Å². The van der Waals surface area contributed by atoms with Crippen molar-refractivity contribution in [2.75, 3.05) is 26.1 Å². The molecule has 2 N–H and O–H groups in total. The van der Waals surface area contributed by atoms with E-state index in [-0.39, 0.29) is 28.6 Å². The number of hydrogen-bond donors (Lipinski definition) is 2. The fourth-order valence-corrected chi connectivity index (χ4v) is 2.47. The molecule has 0 saturated carbocycles. The number of carbonyl (C=O) groups excluding carboxylic acids is 1. The average molecular weight is 327 g/mol. The molecule has 0 saturated heterocycles. The Hall–Kier alpha value is -3.15. The number of ether oxygens (including phenoxy) is 2. The third-order valence-corrected chi connectivity index (χ3v) is 3.81. The Kier molecular flexibility index (Phi) is 3.81. The first kappa shape index (κ1) is 15.7. The third-order valence-electron chi connectivity index (χ3n) is 3.81. The van der Waals surface area contributed by atoms with Gasteiger partial charge in [-0.3, -0.25) is 4.79 Å². The Morgan fingerprint density at radius 3 is 2.58 bits per heavy atom. The molecule has 0 atom stereocenters. The fourth-order valence-electron chi connectivity index (χ4n) is 2.47. The zero-order valence-electron chi connectivity index (χ0n) is 13.5. The summed E-state index contributed by atoms with van der Waals surface area (Å²) in [4.78, 5) is 14.3. The van der Waals surface area contributed by atoms with E-state index in [0.29, 0.717) is 11.3 Å². The van der Waals surface area contributed by atoms with Crippen molar-refractivity contribution in [3.8, 4) is 23.0 Å². The maximum Gasteiger partial charge on any atom is 0.232 e. The zero-order chi connectivity index (χ0) is 17.4. The first-order valence-corrected chi connectivity index (χ1v) is 7.27. The molecule has 24 heavy (non-hydrogen) atoms. The van der Waals surface area contributed by atoms with Crippen molar-refractivity contribution < 1.29 is 24.5 Å². The van der Waals surface area contributed by atoms with Crippen LogP contribution < -0.4 is 14.4 Å². The van der Waals surface area contributed by atoms with E-state index in [1.807, 2.05) is 37.2 Å². The highest BCUT2D eigenvalue weighted by molar-refractivity contribution is 6.15. The summed E-state index contributed by atoms with van der Waals surface area (Å²) in [5, 5.41) is 19.4. The van der Waals surface area contributed by atoms with Gasteiger partial charge in [-0.05, 0) is 30.3 Å². The maximum absolute atomic E-state index is 12.4. The second kappa shape index (κ2) is 5.81. The molecule has 6 heteroatoms. The van der Waals surface area contributed by atoms with Gasteiger partial charge < -0.3 is 24.6 Å². The number of carbonyl (C=O) groups is 1. The van der Waals surface area contributed by atoms with Gasteiger partial charge in [0, 0.05) is 31.4 Å². The van der Waals surface area contributed by atoms with Gasteiger partial charge in [0.25, 0.3) is 0 Å². The largest absolute Gasteiger partial charge is 0.504 e. The van der Waals surface area contributed by atoms with E-state index in [1.165, 1.54) is 12.1 Å². The number of phenolic OH excluding ortho intramolecular Hbond substituents is 2. The summed E-state index contributed by atoms with van der Waals surface area (Å²) >= 11 is 0. The smallest absolute Gasteiger partial charge is 0.232 e. The van der Waals surface area contributed by atoms with Crippen LogP contribution in [-0.4, -0.2) is 37.2 Å². The molecule has 1 aliphatic rings. The maximum atomic E-state index is 12.4. The van der Waals surface area contributed by atoms with E-state index < -0.39 is 5.75 Å². The van der Waals surface area contributed by atoms with Gasteiger partial charge in [-0.15, -0.1) is 0 Å². The minimum atomic E-state index is -0.445. The molecule has 0 aliphatic carbocycles. The number of fused-ring (bicyclic) bond motifs is 1. The monoisotopic (exact) mass is 327 g/mol. The van der Waals surface area contributed by atoms with Crippen molar-refractivity contribution in [2.24, 2.45) is 0 Å². The topological polar surface area (TPSA) is 79.2 Å². The molecule has 0 radical (unpaired) electrons. The number of aromatic hydroxyl groups is 2. The van der Waals surface area contributed by atoms with Crippen LogP contribution in [0.4, 0.5) is 5.69 Å². The van der Waals surface area contributed by atoms with Crippen molar-refractivity contribution in [2.45, 2.75) is 0 Å². The molecule has 3 rings (SSSR count). The van der Waals surface area contributed by atoms with E-state index in [1.54, 1.807) is 13.2 Å². The van der Waals surface area contributed by atoms with Crippen molar-refractivity contribution >= 4 is 17.5 Å². The number of nitrogens with zero attached hydrogens (tertiary/aromatic N) is 1. The summed E-state index contributed by atoms with van der Waals surface area (Å²) in [6, 6.07) is 8.23. The van der Waals surface area contributed by atoms with Crippen LogP contribution in [0.25, 0.3) is 6.08 Å². The van der Waals surface area contributed by atoms with Gasteiger partial charge in [-0.2, -0.15) is 0 Å². The lowest BCUT2D eigenvalue weighted by atomic mass is 10.1. The highest BCUT2D eigenvalue weighted by Gasteiger charge is 2.31. The van der Waals surface area contributed by atoms with Gasteiger partial charge in [-0.1, -0.05) is 0 Å². The fraction of sp³-hybridized carbons (Fsp3) is 0.167. The lowest BCUT2D eigenvalue weighted by Crippen LogP contribution is -2.08. The van der Waals surface area contributed by atoms with Crippen LogP contribution >= 0.6 is 0 Å². The van der Waals surface area contributed by atoms with Crippen LogP contribution in [0.1, 0.15) is 15.9 Å². The SMILES string of the molecule is COc1cc(N(C)C)ccc1C=C1Oc2c(ccc(O)c2O)C1=O. The summed E-state index contributed by atoms with van der Waals surface area (Å²) in [6.07, 6.45) is 1.55. The van der Waals surface area contributed by atoms with Gasteiger partial charge in [0.2, 0.25) is 11.5 Å². The number of rotatable bonds is 3. The quantitative estimate of drug-likeness (QED) is 0.667. The van der Waals surface area contributed by atoms with Gasteiger partial charge in [0.1, 0.15) is 5.75 Å². The molecule has 0 unspecified atom stereocenters. The molecule has 0 aromatic heterocycles. The number of hydrogen-bond acceptors (Lipinski definition) is 6. The second-order valence-corrected chi connectivity index (χ2v) is 5.57. The summed E-state index contributed by atoms with van der Waals surface area (Å²) in [5.74, 6) is -0.529. The predicted molar refractivity (Wildman–Crippen MR) is 90.0 cm³/mol. The molecule has 1 heterocycles. The number of phenols is 2. The van der Waals surface area contributed by atoms with Crippen molar-refractivity contribution in [3.63, 3.8) is 0 Å². The lowest BCUT2D eigenvalue weighted by molar-refractivity contribution is 0.101. The van der Waals surface area contributed by atoms with E-state index in [4.69, 9.17) is 9.47 Å². The number of benzene rings is 2. The first-order valence-electron chi connectivity index (χ1n) is 7.27. The molecule has 0 fully saturated rings. The minimum absolute atomic E-state index is 0.0323. The minimum Gasteiger partial charge on any atom is -0.504 e. The van der Waals surface area contributed by atoms with Crippen LogP contribution in [0.3, 0.4) is 0 Å². The van der Waals surface area contributed by atoms with Gasteiger partial charge in [0.15, 0.2) is 17.3 Å². The van der Waals surface area contributed by atoms with Crippen molar-refractivity contribution in [1.82, 2.24) is 0 Å². The van der Waals surface area contributed by atoms with E-state index in [0.717, 1.165) is 5.69 Å². The summed E-state index contributed by atoms with van der Waals surface area (Å²) in [7, 11) is 5.39. The molecular formula is C18H17NO5. The third kappa shape index (κ3) is 2.52. The van der Waals surface area contributed by atoms with Crippen LogP contribution in [0.15, 0.2) is 36.1 Å². The molecule has 2 aromatic carbocycles. The highest BCUT2D eigenvalue weighted by Crippen LogP contribution is 2.44. The summed E-state index contributed by atoms with van der Waals surface area (Å²) in [5.41, 5.74) is 1.84. The van der Waals surface area contributed by atoms with Gasteiger partial charge in [0.05, 0.1) is 12.7 Å². The molecule has 1 aliphatic heterocycles. The van der Waals surface area contributed by atoms with E-state index in [9.17, 15) is 15.0 Å². The molecule has 6 nitrogen and oxygen atoms in total. The normalized spacial score (nSPS) is 14.5. The molecule has 124 valence electrons. The van der Waals surface area contributed by atoms with E-state index >= 15 is 0 Å². The average Bonchev–Trinajstić information content (AvgIpc) is 2.88. The Morgan fingerprint density at radius 2 is 1.92 bits per heavy atom. The molecule has 2 aromatic rings. The van der Waals surface area contributed by atoms with Crippen LogP contribution in [-0.2, 0) is 0 Å². The van der Waals surface area contributed by atoms with Gasteiger partial charge >= 0.3 is 0 Å². The molecule has 0 amide bonds. The van der Waals surface area contributed by atoms with Crippen molar-refractivity contribution in [3.05, 3.63) is 47.2 Å².